The second-order valence-corrected chi connectivity index (χ2v) is 9.47. The van der Waals surface area contributed by atoms with Crippen LogP contribution in [0.3, 0.4) is 0 Å². The van der Waals surface area contributed by atoms with E-state index in [0.29, 0.717) is 39.1 Å². The number of unbranched alkanes of at least 4 members (excludes halogenated alkanes) is 5. The number of nitrogens with one attached hydrogen (secondary N) is 2. The van der Waals surface area contributed by atoms with E-state index in [4.69, 9.17) is 33.8 Å². The van der Waals surface area contributed by atoms with Crippen molar-refractivity contribution in [3.63, 3.8) is 0 Å². The summed E-state index contributed by atoms with van der Waals surface area (Å²) in [6.07, 6.45) is 11.1. The molecule has 1 unspecified atom stereocenters. The number of rotatable bonds is 24. The van der Waals surface area contributed by atoms with Crippen molar-refractivity contribution in [2.24, 2.45) is 28.7 Å². The third kappa shape index (κ3) is 48.3. The van der Waals surface area contributed by atoms with E-state index in [0.717, 1.165) is 83.0 Å². The van der Waals surface area contributed by atoms with Gasteiger partial charge in [-0.2, -0.15) is 0 Å². The molecule has 1 atom stereocenters. The lowest BCUT2D eigenvalue weighted by atomic mass is 10.0. The van der Waals surface area contributed by atoms with E-state index in [1.54, 1.807) is 13.8 Å². The fraction of sp³-hybridized carbons (Fsp3) is 0.781. The molecule has 0 bridgehead atoms. The number of amides is 1. The van der Waals surface area contributed by atoms with Crippen molar-refractivity contribution in [2.75, 3.05) is 65.6 Å². The van der Waals surface area contributed by atoms with Crippen LogP contribution in [0.1, 0.15) is 91.9 Å². The molecule has 0 radical (unpaired) electrons. The third-order valence-electron chi connectivity index (χ3n) is 5.42. The molecule has 0 saturated heterocycles. The Morgan fingerprint density at radius 1 is 0.717 bits per heavy atom. The van der Waals surface area contributed by atoms with Gasteiger partial charge < -0.3 is 53.9 Å². The maximum atomic E-state index is 12.4. The molecule has 1 amide bonds. The van der Waals surface area contributed by atoms with Crippen molar-refractivity contribution in [1.29, 1.82) is 0 Å². The van der Waals surface area contributed by atoms with Crippen molar-refractivity contribution in [3.05, 3.63) is 19.1 Å². The fourth-order valence-electron chi connectivity index (χ4n) is 3.16. The van der Waals surface area contributed by atoms with Gasteiger partial charge in [0, 0.05) is 38.1 Å². The van der Waals surface area contributed by atoms with Crippen LogP contribution in [0.5, 0.6) is 0 Å². The number of ketones is 1. The zero-order chi connectivity index (χ0) is 35.0. The fourth-order valence-corrected chi connectivity index (χ4v) is 3.16. The molecule has 0 aliphatic rings. The molecule has 14 nitrogen and oxygen atoms in total. The minimum Gasteiger partial charge on any atom is -0.463 e. The molecular formula is C32H70N7O7+. The van der Waals surface area contributed by atoms with Gasteiger partial charge in [0.15, 0.2) is 0 Å². The highest BCUT2D eigenvalue weighted by atomic mass is 16.5. The first kappa shape index (κ1) is 52.9. The molecule has 0 rings (SSSR count). The number of carbonyl (C=O) groups excluding carboxylic acids is 4. The molecule has 13 N–H and O–H groups in total. The number of aliphatic hydroxyl groups is 1. The van der Waals surface area contributed by atoms with Gasteiger partial charge in [0.1, 0.15) is 12.7 Å². The van der Waals surface area contributed by atoms with Crippen LogP contribution in [0.4, 0.5) is 0 Å². The Bertz CT molecular complexity index is 676. The maximum Gasteiger partial charge on any atom is 0.334 e. The van der Waals surface area contributed by atoms with Crippen LogP contribution in [0.2, 0.25) is 0 Å². The minimum atomic E-state index is -0.599. The summed E-state index contributed by atoms with van der Waals surface area (Å²) < 4.78 is 8.95. The highest BCUT2D eigenvalue weighted by Gasteiger charge is 2.20. The first-order valence-corrected chi connectivity index (χ1v) is 16.1. The number of nitrogens with two attached hydrogens (primary N) is 5. The second kappa shape index (κ2) is 46.8. The summed E-state index contributed by atoms with van der Waals surface area (Å²) in [7, 11) is 0. The Hall–Kier alpha value is -2.59. The number of ether oxygens (including phenoxy) is 2. The van der Waals surface area contributed by atoms with Gasteiger partial charge in [0.2, 0.25) is 12.5 Å². The van der Waals surface area contributed by atoms with Crippen molar-refractivity contribution in [2.45, 2.75) is 97.9 Å². The number of hydrogen-bond donors (Lipinski definition) is 8. The Kier molecular flexibility index (Phi) is 53.9. The van der Waals surface area contributed by atoms with Gasteiger partial charge in [-0.15, -0.1) is 0 Å². The summed E-state index contributed by atoms with van der Waals surface area (Å²) >= 11 is 0. The molecule has 46 heavy (non-hydrogen) atoms. The van der Waals surface area contributed by atoms with Crippen molar-refractivity contribution in [1.82, 2.24) is 10.6 Å². The van der Waals surface area contributed by atoms with Crippen molar-refractivity contribution >= 4 is 23.6 Å². The van der Waals surface area contributed by atoms with E-state index in [1.807, 2.05) is 0 Å². The highest BCUT2D eigenvalue weighted by molar-refractivity contribution is 5.91. The predicted molar refractivity (Wildman–Crippen MR) is 187 cm³/mol. The average molecular weight is 665 g/mol. The summed E-state index contributed by atoms with van der Waals surface area (Å²) in [5.74, 6) is -1.13. The summed E-state index contributed by atoms with van der Waals surface area (Å²) in [4.78, 5) is 45.6. The predicted octanol–water partition coefficient (Wildman–Crippen LogP) is 0.819. The Morgan fingerprint density at radius 2 is 1.15 bits per heavy atom. The number of aliphatic hydroxyl groups excluding tert-OH is 1. The third-order valence-corrected chi connectivity index (χ3v) is 5.42. The number of hydrogen-bond acceptors (Lipinski definition) is 13. The summed E-state index contributed by atoms with van der Waals surface area (Å²) in [6.45, 7) is 12.0. The summed E-state index contributed by atoms with van der Waals surface area (Å²) in [6, 6.07) is -0.407. The van der Waals surface area contributed by atoms with E-state index in [9.17, 15) is 19.2 Å². The van der Waals surface area contributed by atoms with Gasteiger partial charge in [-0.25, -0.2) is 9.59 Å². The lowest BCUT2D eigenvalue weighted by Gasteiger charge is -2.17. The SMILES string of the molecule is C.CCO.NCCCCCC(=O)C(CC(=O)NCCCCN)NCCCCN.NCCCCN.[CH2+]COC(=O)/C=C/C(=O)OCC. The van der Waals surface area contributed by atoms with Crippen molar-refractivity contribution in [3.8, 4) is 0 Å². The molecule has 0 aromatic heterocycles. The molecule has 0 saturated carbocycles. The quantitative estimate of drug-likeness (QED) is 0.0308. The van der Waals surface area contributed by atoms with Gasteiger partial charge >= 0.3 is 11.9 Å². The zero-order valence-corrected chi connectivity index (χ0v) is 28.1. The Morgan fingerprint density at radius 3 is 1.61 bits per heavy atom. The number of esters is 2. The molecule has 14 heteroatoms. The van der Waals surface area contributed by atoms with Crippen LogP contribution >= 0.6 is 0 Å². The van der Waals surface area contributed by atoms with Crippen LogP contribution in [-0.4, -0.2) is 100 Å². The number of carbonyl (C=O) groups is 4. The zero-order valence-electron chi connectivity index (χ0n) is 28.1. The van der Waals surface area contributed by atoms with Crippen LogP contribution < -0.4 is 39.3 Å². The van der Waals surface area contributed by atoms with Gasteiger partial charge in [0.25, 0.3) is 0 Å². The van der Waals surface area contributed by atoms with E-state index in [2.05, 4.69) is 27.0 Å². The van der Waals surface area contributed by atoms with Gasteiger partial charge in [-0.3, -0.25) is 9.59 Å². The average Bonchev–Trinajstić information content (AvgIpc) is 3.02. The van der Waals surface area contributed by atoms with Crippen LogP contribution in [0, 0.1) is 6.92 Å². The largest absolute Gasteiger partial charge is 0.463 e. The summed E-state index contributed by atoms with van der Waals surface area (Å²) in [5.41, 5.74) is 26.7. The Labute approximate surface area is 279 Å². The van der Waals surface area contributed by atoms with Gasteiger partial charge in [-0.05, 0) is 104 Å². The lowest BCUT2D eigenvalue weighted by Crippen LogP contribution is -2.42. The van der Waals surface area contributed by atoms with E-state index < -0.39 is 18.0 Å². The normalized spacial score (nSPS) is 10.4. The molecule has 0 spiro atoms. The van der Waals surface area contributed by atoms with Gasteiger partial charge in [0.05, 0.1) is 12.6 Å². The maximum absolute atomic E-state index is 12.4. The summed E-state index contributed by atoms with van der Waals surface area (Å²) in [5, 5.41) is 13.6. The smallest absolute Gasteiger partial charge is 0.334 e. The van der Waals surface area contributed by atoms with Crippen LogP contribution in [0.25, 0.3) is 0 Å². The molecule has 0 aliphatic heterocycles. The molecule has 274 valence electrons. The van der Waals surface area contributed by atoms with Crippen molar-refractivity contribution < 1.29 is 33.8 Å². The standard InChI is InChI=1S/C17H37N5O2.C8H11O4.C4H12N2.C2H6O.CH4/c18-9-3-1-2-8-16(23)15(21-12-6-4-10-19)14-17(24)22-13-7-5-11-20;1-3-11-7(9)5-6-8(10)12-4-2;5-3-1-2-4-6;1-2-3;/h15,21H,1-14,18-20H2,(H,22,24);5-6H,1,3-4H2,2H3;1-6H2;3H,2H2,1H3;1H4/q;+1;;;/b;6-5+;;;. The molecule has 0 fully saturated rings. The van der Waals surface area contributed by atoms with E-state index in [1.165, 1.54) is 0 Å². The highest BCUT2D eigenvalue weighted by Crippen LogP contribution is 2.05. The molecular weight excluding hydrogens is 594 g/mol. The first-order chi connectivity index (χ1) is 21.7. The topological polar surface area (TPSA) is 261 Å². The molecule has 0 heterocycles. The second-order valence-electron chi connectivity index (χ2n) is 9.47. The first-order valence-electron chi connectivity index (χ1n) is 16.1. The van der Waals surface area contributed by atoms with E-state index >= 15 is 0 Å². The van der Waals surface area contributed by atoms with Crippen LogP contribution in [0.15, 0.2) is 12.2 Å². The number of Topliss-reactive ketones (excluding diaryl/α,β-unsaturated/α-hetero) is 1. The Balaban J connectivity index is -0.000000211. The monoisotopic (exact) mass is 665 g/mol. The van der Waals surface area contributed by atoms with E-state index in [-0.39, 0.29) is 45.4 Å². The van der Waals surface area contributed by atoms with Crippen LogP contribution in [-0.2, 0) is 28.7 Å². The molecule has 0 aromatic rings. The molecule has 0 aliphatic carbocycles. The van der Waals surface area contributed by atoms with Gasteiger partial charge in [-0.1, -0.05) is 13.8 Å². The lowest BCUT2D eigenvalue weighted by molar-refractivity contribution is -0.139. The minimum absolute atomic E-state index is 0. The molecule has 0 aromatic carbocycles.